The van der Waals surface area contributed by atoms with Crippen molar-refractivity contribution in [2.45, 2.75) is 88.8 Å². The Morgan fingerprint density at radius 2 is 1.77 bits per heavy atom. The van der Waals surface area contributed by atoms with Gasteiger partial charge in [-0.05, 0) is 71.8 Å². The minimum Gasteiger partial charge on any atom is -0.446 e. The van der Waals surface area contributed by atoms with E-state index < -0.39 is 0 Å². The molecule has 0 aromatic carbocycles. The number of likely N-dealkylation sites (tertiary alicyclic amines) is 2. The molecule has 35 heavy (non-hydrogen) atoms. The molecule has 5 aliphatic rings. The summed E-state index contributed by atoms with van der Waals surface area (Å²) in [6, 6.07) is 0. The lowest BCUT2D eigenvalue weighted by Gasteiger charge is -2.43. The molecule has 1 unspecified atom stereocenters. The maximum atomic E-state index is 12.6. The minimum atomic E-state index is -0.157. The van der Waals surface area contributed by atoms with Crippen molar-refractivity contribution in [2.75, 3.05) is 46.8 Å². The van der Waals surface area contributed by atoms with Crippen LogP contribution in [0.1, 0.15) is 59.3 Å². The van der Waals surface area contributed by atoms with Crippen molar-refractivity contribution in [2.24, 2.45) is 11.8 Å². The van der Waals surface area contributed by atoms with Crippen LogP contribution < -0.4 is 0 Å². The van der Waals surface area contributed by atoms with Crippen molar-refractivity contribution >= 4 is 12.0 Å². The summed E-state index contributed by atoms with van der Waals surface area (Å²) in [5.74, 6) is 0.933. The molecule has 4 heterocycles. The highest BCUT2D eigenvalue weighted by Crippen LogP contribution is 2.60. The van der Waals surface area contributed by atoms with E-state index in [0.29, 0.717) is 5.92 Å². The second kappa shape index (κ2) is 9.34. The van der Waals surface area contributed by atoms with Crippen molar-refractivity contribution in [3.63, 3.8) is 0 Å². The first-order valence-corrected chi connectivity index (χ1v) is 13.5. The molecule has 1 spiro atoms. The number of carbonyl (C=O) groups is 2. The molecule has 8 nitrogen and oxygen atoms in total. The van der Waals surface area contributed by atoms with Crippen LogP contribution in [0.4, 0.5) is 4.79 Å². The Morgan fingerprint density at radius 1 is 1.09 bits per heavy atom. The number of allylic oxidation sites excluding steroid dienone is 1. The van der Waals surface area contributed by atoms with Crippen LogP contribution in [-0.2, 0) is 19.0 Å². The molecule has 0 radical (unpaired) electrons. The fourth-order valence-electron chi connectivity index (χ4n) is 6.30. The Hall–Kier alpha value is -1.64. The second-order valence-electron chi connectivity index (χ2n) is 12.2. The highest BCUT2D eigenvalue weighted by Gasteiger charge is 2.73. The highest BCUT2D eigenvalue weighted by molar-refractivity contribution is 5.79. The number of rotatable bonds is 8. The normalized spacial score (nSPS) is 36.8. The van der Waals surface area contributed by atoms with Crippen LogP contribution in [0.5, 0.6) is 0 Å². The average Bonchev–Trinajstić information content (AvgIpc) is 3.63. The summed E-state index contributed by atoms with van der Waals surface area (Å²) < 4.78 is 18.1. The van der Waals surface area contributed by atoms with Crippen LogP contribution in [-0.4, -0.2) is 103 Å². The van der Waals surface area contributed by atoms with Gasteiger partial charge in [-0.3, -0.25) is 4.79 Å². The summed E-state index contributed by atoms with van der Waals surface area (Å²) in [5.41, 5.74) is 1.11. The van der Waals surface area contributed by atoms with Crippen LogP contribution in [0.25, 0.3) is 0 Å². The zero-order chi connectivity index (χ0) is 25.0. The quantitative estimate of drug-likeness (QED) is 0.385. The summed E-state index contributed by atoms with van der Waals surface area (Å²) >= 11 is 0. The summed E-state index contributed by atoms with van der Waals surface area (Å²) in [6.07, 6.45) is 8.20. The van der Waals surface area contributed by atoms with E-state index >= 15 is 0 Å². The Balaban J connectivity index is 0.952. The van der Waals surface area contributed by atoms with Crippen LogP contribution in [0.15, 0.2) is 11.6 Å². The van der Waals surface area contributed by atoms with Crippen LogP contribution in [0, 0.1) is 11.8 Å². The van der Waals surface area contributed by atoms with Crippen molar-refractivity contribution in [1.82, 2.24) is 14.7 Å². The molecule has 4 saturated heterocycles. The van der Waals surface area contributed by atoms with Crippen molar-refractivity contribution < 1.29 is 23.8 Å². The molecule has 1 saturated carbocycles. The van der Waals surface area contributed by atoms with E-state index in [1.165, 1.54) is 5.57 Å². The number of nitrogens with zero attached hydrogens (tertiary/aromatic N) is 3. The smallest absolute Gasteiger partial charge is 0.410 e. The molecule has 5 fully saturated rings. The van der Waals surface area contributed by atoms with E-state index in [1.807, 2.05) is 19.0 Å². The van der Waals surface area contributed by atoms with E-state index in [-0.39, 0.29) is 47.4 Å². The lowest BCUT2D eigenvalue weighted by atomic mass is 9.80. The molecule has 4 aliphatic heterocycles. The molecule has 8 heteroatoms. The third-order valence-corrected chi connectivity index (χ3v) is 8.87. The lowest BCUT2D eigenvalue weighted by Crippen LogP contribution is -2.55. The lowest BCUT2D eigenvalue weighted by molar-refractivity contribution is -0.138. The van der Waals surface area contributed by atoms with Crippen LogP contribution in [0.2, 0.25) is 0 Å². The molecule has 0 aromatic rings. The molecule has 3 atom stereocenters. The molecule has 0 N–H and O–H groups in total. The Labute approximate surface area is 209 Å². The fraction of sp³-hybridized carbons (Fsp3) is 0.852. The van der Waals surface area contributed by atoms with Gasteiger partial charge >= 0.3 is 6.09 Å². The second-order valence-corrected chi connectivity index (χ2v) is 12.2. The monoisotopic (exact) mass is 489 g/mol. The third-order valence-electron chi connectivity index (χ3n) is 8.87. The van der Waals surface area contributed by atoms with Crippen molar-refractivity contribution in [1.29, 1.82) is 0 Å². The maximum absolute atomic E-state index is 12.6. The van der Waals surface area contributed by atoms with Crippen LogP contribution in [0.3, 0.4) is 0 Å². The van der Waals surface area contributed by atoms with Gasteiger partial charge in [0.05, 0.1) is 17.6 Å². The Kier molecular flexibility index (Phi) is 6.68. The van der Waals surface area contributed by atoms with Crippen molar-refractivity contribution in [3.8, 4) is 0 Å². The van der Waals surface area contributed by atoms with Gasteiger partial charge in [0.25, 0.3) is 0 Å². The van der Waals surface area contributed by atoms with Crippen molar-refractivity contribution in [3.05, 3.63) is 11.6 Å². The van der Waals surface area contributed by atoms with Gasteiger partial charge in [-0.1, -0.05) is 11.6 Å². The number of ether oxygens (including phenoxy) is 3. The fourth-order valence-corrected chi connectivity index (χ4v) is 6.30. The molecular weight excluding hydrogens is 446 g/mol. The van der Waals surface area contributed by atoms with Gasteiger partial charge < -0.3 is 28.9 Å². The van der Waals surface area contributed by atoms with E-state index in [9.17, 15) is 9.59 Å². The standard InChI is InChI=1S/C27H43N3O5/c1-18(2)6-7-22-26(3,34-22)24-27(35-24)11-8-21(9-12-27)33-25(32)30-14-19(15-30)10-13-29-16-20(17-29)23(31)28(4)5/h6,19-22,24H,7-17H2,1-5H3/t21?,22-,24?,26-,27?/m1/s1. The first-order chi connectivity index (χ1) is 16.6. The summed E-state index contributed by atoms with van der Waals surface area (Å²) in [4.78, 5) is 30.4. The molecule has 196 valence electrons. The van der Waals surface area contributed by atoms with Gasteiger partial charge in [0.15, 0.2) is 0 Å². The van der Waals surface area contributed by atoms with Gasteiger partial charge in [-0.25, -0.2) is 4.79 Å². The van der Waals surface area contributed by atoms with Gasteiger partial charge in [-0.15, -0.1) is 0 Å². The van der Waals surface area contributed by atoms with E-state index in [2.05, 4.69) is 31.7 Å². The van der Waals surface area contributed by atoms with Gasteiger partial charge in [0.2, 0.25) is 5.91 Å². The predicted molar refractivity (Wildman–Crippen MR) is 132 cm³/mol. The number of amides is 2. The number of hydrogen-bond acceptors (Lipinski definition) is 6. The molecule has 1 aliphatic carbocycles. The third kappa shape index (κ3) is 5.12. The topological polar surface area (TPSA) is 78.1 Å². The molecule has 0 aromatic heterocycles. The molecule has 0 bridgehead atoms. The maximum Gasteiger partial charge on any atom is 0.410 e. The van der Waals surface area contributed by atoms with E-state index in [4.69, 9.17) is 14.2 Å². The zero-order valence-electron chi connectivity index (χ0n) is 22.1. The number of carbonyl (C=O) groups excluding carboxylic acids is 2. The predicted octanol–water partition coefficient (Wildman–Crippen LogP) is 3.06. The number of epoxide rings is 2. The largest absolute Gasteiger partial charge is 0.446 e. The zero-order valence-corrected chi connectivity index (χ0v) is 22.1. The SMILES string of the molecule is CC(C)=CC[C@H]1O[C@@]1(C)C1OC12CCC(OC(=O)N1CC(CCN3CC(C(=O)N(C)C)C3)C1)CC2. The first kappa shape index (κ1) is 25.0. The summed E-state index contributed by atoms with van der Waals surface area (Å²) in [5, 5.41) is 0. The minimum absolute atomic E-state index is 0.00122. The average molecular weight is 490 g/mol. The molecule has 5 rings (SSSR count). The van der Waals surface area contributed by atoms with Gasteiger partial charge in [0.1, 0.15) is 17.8 Å². The Morgan fingerprint density at radius 3 is 2.40 bits per heavy atom. The molecular formula is C27H43N3O5. The van der Waals surface area contributed by atoms with E-state index in [1.54, 1.807) is 4.90 Å². The highest BCUT2D eigenvalue weighted by atomic mass is 16.7. The first-order valence-electron chi connectivity index (χ1n) is 13.5. The number of hydrogen-bond donors (Lipinski definition) is 0. The van der Waals surface area contributed by atoms with Gasteiger partial charge in [-0.2, -0.15) is 0 Å². The summed E-state index contributed by atoms with van der Waals surface area (Å²) in [6.45, 7) is 10.7. The van der Waals surface area contributed by atoms with Gasteiger partial charge in [0, 0.05) is 40.3 Å². The Bertz CT molecular complexity index is 851. The van der Waals surface area contributed by atoms with Crippen LogP contribution >= 0.6 is 0 Å². The molecule has 2 amide bonds. The summed E-state index contributed by atoms with van der Waals surface area (Å²) in [7, 11) is 3.64. The van der Waals surface area contributed by atoms with E-state index in [0.717, 1.165) is 71.2 Å².